The van der Waals surface area contributed by atoms with Crippen LogP contribution in [0.2, 0.25) is 0 Å². The fourth-order valence-electron chi connectivity index (χ4n) is 1.77. The molecule has 0 aliphatic carbocycles. The lowest BCUT2D eigenvalue weighted by Gasteiger charge is -2.13. The molecule has 0 aliphatic heterocycles. The topological polar surface area (TPSA) is 38.3 Å². The number of rotatable bonds is 6. The second kappa shape index (κ2) is 6.40. The van der Waals surface area contributed by atoms with Gasteiger partial charge < -0.3 is 10.1 Å². The van der Waals surface area contributed by atoms with Crippen molar-refractivity contribution < 1.29 is 9.53 Å². The van der Waals surface area contributed by atoms with Gasteiger partial charge in [0, 0.05) is 5.56 Å². The van der Waals surface area contributed by atoms with Crippen molar-refractivity contribution in [1.82, 2.24) is 5.32 Å². The van der Waals surface area contributed by atoms with Crippen LogP contribution in [0.5, 0.6) is 5.75 Å². The molecule has 0 amide bonds. The highest BCUT2D eigenvalue weighted by atomic mass is 16.5. The van der Waals surface area contributed by atoms with E-state index in [9.17, 15) is 4.79 Å². The van der Waals surface area contributed by atoms with Crippen LogP contribution in [-0.2, 0) is 0 Å². The van der Waals surface area contributed by atoms with Crippen LogP contribution in [0.25, 0.3) is 0 Å². The van der Waals surface area contributed by atoms with Gasteiger partial charge in [-0.2, -0.15) is 0 Å². The zero-order chi connectivity index (χ0) is 12.8. The number of aryl methyl sites for hydroxylation is 1. The Hall–Kier alpha value is -1.35. The Morgan fingerprint density at radius 3 is 2.65 bits per heavy atom. The third-order valence-corrected chi connectivity index (χ3v) is 2.66. The van der Waals surface area contributed by atoms with Crippen LogP contribution in [-0.4, -0.2) is 25.0 Å². The van der Waals surface area contributed by atoms with Gasteiger partial charge in [0.25, 0.3) is 0 Å². The first kappa shape index (κ1) is 13.7. The summed E-state index contributed by atoms with van der Waals surface area (Å²) in [6, 6.07) is 5.44. The van der Waals surface area contributed by atoms with E-state index in [1.807, 2.05) is 45.9 Å². The van der Waals surface area contributed by atoms with E-state index < -0.39 is 0 Å². The highest BCUT2D eigenvalue weighted by molar-refractivity contribution is 6.00. The summed E-state index contributed by atoms with van der Waals surface area (Å²) in [6.45, 7) is 9.22. The Morgan fingerprint density at radius 1 is 1.41 bits per heavy atom. The maximum absolute atomic E-state index is 12.1. The second-order valence-electron chi connectivity index (χ2n) is 4.06. The van der Waals surface area contributed by atoms with Crippen LogP contribution >= 0.6 is 0 Å². The van der Waals surface area contributed by atoms with Crippen molar-refractivity contribution in [2.45, 2.75) is 33.7 Å². The van der Waals surface area contributed by atoms with Crippen LogP contribution < -0.4 is 10.1 Å². The molecule has 0 saturated heterocycles. The average molecular weight is 235 g/mol. The SMILES string of the molecule is CCNC(C)C(=O)c1ccc(OCC)c(C)c1. The van der Waals surface area contributed by atoms with Gasteiger partial charge in [-0.15, -0.1) is 0 Å². The first-order valence-corrected chi connectivity index (χ1v) is 6.11. The molecule has 3 heteroatoms. The molecule has 0 saturated carbocycles. The van der Waals surface area contributed by atoms with E-state index in [-0.39, 0.29) is 11.8 Å². The van der Waals surface area contributed by atoms with Gasteiger partial charge in [-0.1, -0.05) is 6.92 Å². The maximum Gasteiger partial charge on any atom is 0.179 e. The summed E-state index contributed by atoms with van der Waals surface area (Å²) in [7, 11) is 0. The lowest BCUT2D eigenvalue weighted by atomic mass is 10.0. The highest BCUT2D eigenvalue weighted by Gasteiger charge is 2.14. The molecule has 3 nitrogen and oxygen atoms in total. The highest BCUT2D eigenvalue weighted by Crippen LogP contribution is 2.19. The van der Waals surface area contributed by atoms with Crippen molar-refractivity contribution in [3.63, 3.8) is 0 Å². The van der Waals surface area contributed by atoms with Gasteiger partial charge in [0.2, 0.25) is 0 Å². The summed E-state index contributed by atoms with van der Waals surface area (Å²) < 4.78 is 5.45. The zero-order valence-corrected chi connectivity index (χ0v) is 11.0. The van der Waals surface area contributed by atoms with Gasteiger partial charge >= 0.3 is 0 Å². The summed E-state index contributed by atoms with van der Waals surface area (Å²) in [4.78, 5) is 12.1. The number of Topliss-reactive ketones (excluding diaryl/α,β-unsaturated/α-hetero) is 1. The van der Waals surface area contributed by atoms with Crippen molar-refractivity contribution in [1.29, 1.82) is 0 Å². The van der Waals surface area contributed by atoms with Crippen molar-refractivity contribution in [2.24, 2.45) is 0 Å². The summed E-state index contributed by atoms with van der Waals surface area (Å²) in [6.07, 6.45) is 0. The summed E-state index contributed by atoms with van der Waals surface area (Å²) in [5, 5.41) is 3.12. The fraction of sp³-hybridized carbons (Fsp3) is 0.500. The fourth-order valence-corrected chi connectivity index (χ4v) is 1.77. The molecular weight excluding hydrogens is 214 g/mol. The van der Waals surface area contributed by atoms with Gasteiger partial charge in [0.15, 0.2) is 5.78 Å². The minimum absolute atomic E-state index is 0.123. The van der Waals surface area contributed by atoms with Crippen LogP contribution in [0.3, 0.4) is 0 Å². The molecule has 0 aliphatic rings. The number of carbonyl (C=O) groups excluding carboxylic acids is 1. The molecule has 1 rings (SSSR count). The molecule has 17 heavy (non-hydrogen) atoms. The molecule has 1 atom stereocenters. The van der Waals surface area contributed by atoms with Crippen molar-refractivity contribution in [2.75, 3.05) is 13.2 Å². The number of benzene rings is 1. The van der Waals surface area contributed by atoms with E-state index >= 15 is 0 Å². The second-order valence-corrected chi connectivity index (χ2v) is 4.06. The molecule has 0 radical (unpaired) electrons. The zero-order valence-electron chi connectivity index (χ0n) is 11.0. The van der Waals surface area contributed by atoms with Crippen molar-refractivity contribution in [3.05, 3.63) is 29.3 Å². The smallest absolute Gasteiger partial charge is 0.179 e. The first-order valence-electron chi connectivity index (χ1n) is 6.11. The Bertz CT molecular complexity index is 388. The number of likely N-dealkylation sites (N-methyl/N-ethyl adjacent to an activating group) is 1. The molecule has 1 aromatic rings. The van der Waals surface area contributed by atoms with Crippen LogP contribution in [0.15, 0.2) is 18.2 Å². The Labute approximate surface area is 103 Å². The molecule has 0 spiro atoms. The van der Waals surface area contributed by atoms with Crippen molar-refractivity contribution in [3.8, 4) is 5.75 Å². The largest absolute Gasteiger partial charge is 0.494 e. The maximum atomic E-state index is 12.1. The lowest BCUT2D eigenvalue weighted by Crippen LogP contribution is -2.33. The third kappa shape index (κ3) is 3.56. The van der Waals surface area contributed by atoms with Gasteiger partial charge in [0.1, 0.15) is 5.75 Å². The van der Waals surface area contributed by atoms with Crippen LogP contribution in [0, 0.1) is 6.92 Å². The van der Waals surface area contributed by atoms with Gasteiger partial charge in [-0.3, -0.25) is 4.79 Å². The molecular formula is C14H21NO2. The number of carbonyl (C=O) groups is 1. The summed E-state index contributed by atoms with van der Waals surface area (Å²) in [5.74, 6) is 0.971. The minimum Gasteiger partial charge on any atom is -0.494 e. The third-order valence-electron chi connectivity index (χ3n) is 2.66. The molecule has 1 unspecified atom stereocenters. The number of hydrogen-bond donors (Lipinski definition) is 1. The number of nitrogens with one attached hydrogen (secondary N) is 1. The van der Waals surface area contributed by atoms with Gasteiger partial charge in [-0.25, -0.2) is 0 Å². The standard InChI is InChI=1S/C14H21NO2/c1-5-15-11(4)14(16)12-7-8-13(17-6-2)10(3)9-12/h7-9,11,15H,5-6H2,1-4H3. The normalized spacial score (nSPS) is 12.2. The molecule has 0 fully saturated rings. The predicted octanol–water partition coefficient (Wildman–Crippen LogP) is 2.57. The average Bonchev–Trinajstić information content (AvgIpc) is 2.31. The van der Waals surface area contributed by atoms with E-state index in [4.69, 9.17) is 4.74 Å². The van der Waals surface area contributed by atoms with Crippen LogP contribution in [0.1, 0.15) is 36.7 Å². The summed E-state index contributed by atoms with van der Waals surface area (Å²) >= 11 is 0. The molecule has 94 valence electrons. The monoisotopic (exact) mass is 235 g/mol. The van der Waals surface area contributed by atoms with E-state index in [0.717, 1.165) is 23.4 Å². The predicted molar refractivity (Wildman–Crippen MR) is 69.8 cm³/mol. The Balaban J connectivity index is 2.85. The van der Waals surface area contributed by atoms with Crippen molar-refractivity contribution >= 4 is 5.78 Å². The molecule has 1 N–H and O–H groups in total. The Kier molecular flexibility index (Phi) is 5.16. The molecule has 0 bridgehead atoms. The van der Waals surface area contributed by atoms with Gasteiger partial charge in [-0.05, 0) is 51.1 Å². The first-order chi connectivity index (χ1) is 8.10. The lowest BCUT2D eigenvalue weighted by molar-refractivity contribution is 0.0952. The number of ketones is 1. The quantitative estimate of drug-likeness (QED) is 0.770. The van der Waals surface area contributed by atoms with Gasteiger partial charge in [0.05, 0.1) is 12.6 Å². The molecule has 0 heterocycles. The Morgan fingerprint density at radius 2 is 2.12 bits per heavy atom. The minimum atomic E-state index is -0.141. The molecule has 1 aromatic carbocycles. The molecule has 0 aromatic heterocycles. The van der Waals surface area contributed by atoms with E-state index in [1.54, 1.807) is 0 Å². The van der Waals surface area contributed by atoms with Crippen LogP contribution in [0.4, 0.5) is 0 Å². The van der Waals surface area contributed by atoms with E-state index in [0.29, 0.717) is 6.61 Å². The van der Waals surface area contributed by atoms with E-state index in [1.165, 1.54) is 0 Å². The summed E-state index contributed by atoms with van der Waals surface area (Å²) in [5.41, 5.74) is 1.74. The number of ether oxygens (including phenoxy) is 1. The van der Waals surface area contributed by atoms with E-state index in [2.05, 4.69) is 5.32 Å². The number of hydrogen-bond acceptors (Lipinski definition) is 3.